The highest BCUT2D eigenvalue weighted by molar-refractivity contribution is 8.00. The Bertz CT molecular complexity index is 1040. The van der Waals surface area contributed by atoms with Crippen molar-refractivity contribution in [2.45, 2.75) is 58.1 Å². The number of phosphoric ester groups is 1. The number of anilines is 1. The predicted octanol–water partition coefficient (Wildman–Crippen LogP) is 3.19. The fourth-order valence-corrected chi connectivity index (χ4v) is 5.18. The number of benzene rings is 1. The van der Waals surface area contributed by atoms with Crippen molar-refractivity contribution in [3.8, 4) is 0 Å². The summed E-state index contributed by atoms with van der Waals surface area (Å²) in [6.45, 7) is 4.43. The van der Waals surface area contributed by atoms with Gasteiger partial charge in [0.1, 0.15) is 11.6 Å². The van der Waals surface area contributed by atoms with Crippen molar-refractivity contribution in [1.29, 1.82) is 0 Å². The van der Waals surface area contributed by atoms with Gasteiger partial charge in [0.2, 0.25) is 0 Å². The van der Waals surface area contributed by atoms with Gasteiger partial charge in [0.05, 0.1) is 43.7 Å². The lowest BCUT2D eigenvalue weighted by Gasteiger charge is -2.27. The number of methoxy groups -OCH3 is 1. The number of esters is 2. The van der Waals surface area contributed by atoms with Crippen LogP contribution in [0.5, 0.6) is 0 Å². The number of phosphoric acid groups is 1. The molecule has 0 radical (unpaired) electrons. The van der Waals surface area contributed by atoms with E-state index < -0.39 is 49.2 Å². The molecule has 41 heavy (non-hydrogen) atoms. The zero-order valence-corrected chi connectivity index (χ0v) is 26.0. The van der Waals surface area contributed by atoms with E-state index in [1.807, 2.05) is 0 Å². The van der Waals surface area contributed by atoms with Gasteiger partial charge in [-0.15, -0.1) is 11.8 Å². The molecule has 0 spiro atoms. The SMILES string of the molecule is CCOC(=O)C(C)(COP(=O)(OC)OCCCCCCNC(O)c1ccc(C(=O)OC)c(N)c1)C(=O)CSC(C)O. The van der Waals surface area contributed by atoms with Crippen LogP contribution >= 0.6 is 19.6 Å². The standard InChI is InChI=1S/C26H43N2O11PS/c1-6-37-25(33)26(3,22(30)16-41-18(2)29)17-39-40(34,36-5)38-14-10-8-7-9-13-28-23(31)19-11-12-20(21(27)15-19)24(32)35-4/h11-12,15,18,23,28-29,31H,6-10,13-14,16-17,27H2,1-5H3. The second-order valence-electron chi connectivity index (χ2n) is 9.23. The Hall–Kier alpha value is -2.03. The molecule has 0 saturated carbocycles. The zero-order valence-electron chi connectivity index (χ0n) is 24.3. The lowest BCUT2D eigenvalue weighted by Crippen LogP contribution is -2.43. The number of unbranched alkanes of at least 4 members (excludes halogenated alkanes) is 3. The highest BCUT2D eigenvalue weighted by Crippen LogP contribution is 2.50. The maximum atomic E-state index is 12.9. The summed E-state index contributed by atoms with van der Waals surface area (Å²) in [5.41, 5.74) is 4.24. The first-order chi connectivity index (χ1) is 19.3. The lowest BCUT2D eigenvalue weighted by molar-refractivity contribution is -0.160. The summed E-state index contributed by atoms with van der Waals surface area (Å²) in [5.74, 6) is -2.11. The van der Waals surface area contributed by atoms with Crippen LogP contribution in [0.15, 0.2) is 18.2 Å². The van der Waals surface area contributed by atoms with Crippen molar-refractivity contribution in [3.63, 3.8) is 0 Å². The summed E-state index contributed by atoms with van der Waals surface area (Å²) in [4.78, 5) is 36.9. The Balaban J connectivity index is 2.46. The van der Waals surface area contributed by atoms with Crippen LogP contribution < -0.4 is 11.1 Å². The van der Waals surface area contributed by atoms with Gasteiger partial charge in [0, 0.05) is 12.8 Å². The predicted molar refractivity (Wildman–Crippen MR) is 154 cm³/mol. The highest BCUT2D eigenvalue weighted by Gasteiger charge is 2.45. The first-order valence-corrected chi connectivity index (χ1v) is 15.7. The third-order valence-corrected chi connectivity index (χ3v) is 8.29. The van der Waals surface area contributed by atoms with Gasteiger partial charge < -0.3 is 25.4 Å². The molecule has 234 valence electrons. The second-order valence-corrected chi connectivity index (χ2v) is 12.3. The molecule has 1 aromatic rings. The molecular formula is C26H43N2O11PS. The minimum absolute atomic E-state index is 0.0386. The number of hydrogen-bond acceptors (Lipinski definition) is 14. The Morgan fingerprint density at radius 3 is 2.39 bits per heavy atom. The van der Waals surface area contributed by atoms with Crippen molar-refractivity contribution in [2.75, 3.05) is 52.1 Å². The maximum absolute atomic E-state index is 12.9. The lowest BCUT2D eigenvalue weighted by atomic mass is 9.87. The minimum Gasteiger partial charge on any atom is -0.465 e. The van der Waals surface area contributed by atoms with E-state index in [0.717, 1.165) is 38.1 Å². The van der Waals surface area contributed by atoms with E-state index in [4.69, 9.17) is 24.0 Å². The number of ether oxygens (including phenoxy) is 2. The van der Waals surface area contributed by atoms with Crippen LogP contribution in [-0.2, 0) is 37.2 Å². The molecule has 0 amide bonds. The van der Waals surface area contributed by atoms with E-state index in [-0.39, 0.29) is 30.2 Å². The average molecular weight is 623 g/mol. The molecular weight excluding hydrogens is 579 g/mol. The van der Waals surface area contributed by atoms with Crippen molar-refractivity contribution in [2.24, 2.45) is 5.41 Å². The van der Waals surface area contributed by atoms with E-state index in [0.29, 0.717) is 18.5 Å². The molecule has 0 aromatic heterocycles. The number of aliphatic hydroxyl groups is 2. The molecule has 1 rings (SSSR count). The molecule has 5 N–H and O–H groups in total. The number of Topliss-reactive ketones (excluding diaryl/α,β-unsaturated/α-hetero) is 1. The molecule has 0 aliphatic heterocycles. The molecule has 0 bridgehead atoms. The van der Waals surface area contributed by atoms with E-state index in [1.165, 1.54) is 33.1 Å². The Kier molecular flexibility index (Phi) is 16.7. The van der Waals surface area contributed by atoms with Gasteiger partial charge >= 0.3 is 19.8 Å². The molecule has 1 aromatic carbocycles. The first-order valence-electron chi connectivity index (χ1n) is 13.2. The summed E-state index contributed by atoms with van der Waals surface area (Å²) in [5, 5.41) is 22.8. The van der Waals surface area contributed by atoms with Crippen LogP contribution in [-0.4, -0.2) is 79.7 Å². The van der Waals surface area contributed by atoms with Crippen LogP contribution in [0.25, 0.3) is 0 Å². The third kappa shape index (κ3) is 12.4. The normalized spacial score (nSPS) is 15.8. The zero-order chi connectivity index (χ0) is 31.1. The number of carbonyl (C=O) groups excluding carboxylic acids is 3. The average Bonchev–Trinajstić information content (AvgIpc) is 2.95. The fourth-order valence-electron chi connectivity index (χ4n) is 3.41. The highest BCUT2D eigenvalue weighted by atomic mass is 32.2. The van der Waals surface area contributed by atoms with Crippen LogP contribution in [0.1, 0.15) is 68.6 Å². The van der Waals surface area contributed by atoms with Gasteiger partial charge in [-0.25, -0.2) is 9.36 Å². The summed E-state index contributed by atoms with van der Waals surface area (Å²) in [6, 6.07) is 4.60. The summed E-state index contributed by atoms with van der Waals surface area (Å²) < 4.78 is 38.2. The number of rotatable bonds is 21. The second kappa shape index (κ2) is 18.5. The van der Waals surface area contributed by atoms with Gasteiger partial charge in [-0.2, -0.15) is 0 Å². The van der Waals surface area contributed by atoms with Crippen LogP contribution in [0.2, 0.25) is 0 Å². The van der Waals surface area contributed by atoms with Gasteiger partial charge in [0.25, 0.3) is 0 Å². The number of ketones is 1. The Morgan fingerprint density at radius 2 is 1.80 bits per heavy atom. The quantitative estimate of drug-likeness (QED) is 0.0390. The van der Waals surface area contributed by atoms with Gasteiger partial charge in [-0.1, -0.05) is 18.9 Å². The molecule has 0 saturated heterocycles. The van der Waals surface area contributed by atoms with Crippen LogP contribution in [0.4, 0.5) is 5.69 Å². The van der Waals surface area contributed by atoms with Crippen LogP contribution in [0, 0.1) is 5.41 Å². The molecule has 4 unspecified atom stereocenters. The van der Waals surface area contributed by atoms with Crippen molar-refractivity contribution >= 4 is 43.0 Å². The Morgan fingerprint density at radius 1 is 1.12 bits per heavy atom. The summed E-state index contributed by atoms with van der Waals surface area (Å²) in [7, 11) is -1.66. The Labute approximate surface area is 245 Å². The topological polar surface area (TPSA) is 193 Å². The van der Waals surface area contributed by atoms with Gasteiger partial charge in [0.15, 0.2) is 5.78 Å². The van der Waals surface area contributed by atoms with E-state index in [1.54, 1.807) is 13.0 Å². The largest absolute Gasteiger partial charge is 0.474 e. The molecule has 13 nitrogen and oxygen atoms in total. The smallest absolute Gasteiger partial charge is 0.465 e. The molecule has 0 aliphatic carbocycles. The molecule has 0 heterocycles. The maximum Gasteiger partial charge on any atom is 0.474 e. The molecule has 15 heteroatoms. The fraction of sp³-hybridized carbons (Fsp3) is 0.654. The first kappa shape index (κ1) is 37.0. The number of nitrogens with two attached hydrogens (primary N) is 1. The molecule has 0 aliphatic rings. The van der Waals surface area contributed by atoms with Gasteiger partial charge in [-0.3, -0.25) is 28.5 Å². The van der Waals surface area contributed by atoms with Crippen LogP contribution in [0.3, 0.4) is 0 Å². The van der Waals surface area contributed by atoms with Crippen molar-refractivity contribution in [1.82, 2.24) is 5.32 Å². The molecule has 4 atom stereocenters. The molecule has 0 fully saturated rings. The van der Waals surface area contributed by atoms with E-state index >= 15 is 0 Å². The van der Waals surface area contributed by atoms with E-state index in [2.05, 4.69) is 10.1 Å². The number of nitrogens with one attached hydrogen (secondary N) is 1. The number of aliphatic hydroxyl groups excluding tert-OH is 2. The number of nitrogen functional groups attached to an aromatic ring is 1. The summed E-state index contributed by atoms with van der Waals surface area (Å²) in [6.07, 6.45) is 1.80. The van der Waals surface area contributed by atoms with Crippen molar-refractivity contribution in [3.05, 3.63) is 29.3 Å². The number of thioether (sulfide) groups is 1. The number of hydrogen-bond donors (Lipinski definition) is 4. The van der Waals surface area contributed by atoms with Gasteiger partial charge in [-0.05, 0) is 57.9 Å². The van der Waals surface area contributed by atoms with E-state index in [9.17, 15) is 29.2 Å². The van der Waals surface area contributed by atoms with Crippen molar-refractivity contribution < 1.29 is 52.2 Å². The summed E-state index contributed by atoms with van der Waals surface area (Å²) >= 11 is 0.941. The monoisotopic (exact) mass is 622 g/mol. The number of carbonyl (C=O) groups is 3. The minimum atomic E-state index is -4.06. The third-order valence-electron chi connectivity index (χ3n) is 5.99.